The van der Waals surface area contributed by atoms with Crippen LogP contribution in [-0.2, 0) is 89.0 Å². The van der Waals surface area contributed by atoms with Crippen molar-refractivity contribution in [2.75, 3.05) is 39.5 Å². The van der Waals surface area contributed by atoms with E-state index in [9.17, 15) is 71.0 Å². The number of carboxylic acids is 1. The number of benzene rings is 2. The summed E-state index contributed by atoms with van der Waals surface area (Å²) in [6, 6.07) is 6.60. The van der Waals surface area contributed by atoms with Gasteiger partial charge in [0.05, 0.1) is 61.2 Å². The summed E-state index contributed by atoms with van der Waals surface area (Å²) in [5.74, 6) is -11.5. The van der Waals surface area contributed by atoms with Crippen molar-refractivity contribution in [2.24, 2.45) is 5.92 Å². The smallest absolute Gasteiger partial charge is 0.423 e. The molecule has 6 atom stereocenters. The number of ether oxygens (including phenoxy) is 2. The zero-order valence-corrected chi connectivity index (χ0v) is 44.2. The van der Waals surface area contributed by atoms with Crippen LogP contribution in [0.3, 0.4) is 0 Å². The number of esters is 1. The van der Waals surface area contributed by atoms with Crippen molar-refractivity contribution in [3.05, 3.63) is 97.6 Å². The number of aryl methyl sites for hydroxylation is 1. The van der Waals surface area contributed by atoms with E-state index in [-0.39, 0.29) is 77.8 Å². The molecule has 25 nitrogen and oxygen atoms in total. The number of hydrogen-bond donors (Lipinski definition) is 9. The first-order chi connectivity index (χ1) is 38.8. The number of aliphatic hydroxyl groups is 1. The third-order valence-electron chi connectivity index (χ3n) is 14.6. The van der Waals surface area contributed by atoms with E-state index in [1.54, 1.807) is 30.3 Å². The van der Waals surface area contributed by atoms with Crippen molar-refractivity contribution in [3.63, 3.8) is 0 Å². The number of pyridine rings is 2. The summed E-state index contributed by atoms with van der Waals surface area (Å²) >= 11 is 0. The number of imide groups is 1. The largest absolute Gasteiger partial charge is 0.480 e. The van der Waals surface area contributed by atoms with Gasteiger partial charge in [-0.05, 0) is 54.5 Å². The molecule has 82 heavy (non-hydrogen) atoms. The van der Waals surface area contributed by atoms with Crippen LogP contribution in [0.15, 0.2) is 47.3 Å². The lowest BCUT2D eigenvalue weighted by Gasteiger charge is -2.31. The molecular formula is C53H56F4N10O15. The lowest BCUT2D eigenvalue weighted by Crippen LogP contribution is -2.56. The number of rotatable bonds is 22. The Labute approximate surface area is 462 Å². The Kier molecular flexibility index (Phi) is 17.5. The average molecular weight is 1150 g/mol. The van der Waals surface area contributed by atoms with E-state index in [4.69, 9.17) is 19.6 Å². The number of carbonyl (C=O) groups is 10. The predicted octanol–water partition coefficient (Wildman–Crippen LogP) is -0.834. The van der Waals surface area contributed by atoms with Crippen LogP contribution >= 0.6 is 0 Å². The number of halogens is 4. The Balaban J connectivity index is 0.884. The van der Waals surface area contributed by atoms with Gasteiger partial charge in [0.1, 0.15) is 31.2 Å². The molecule has 1 fully saturated rings. The van der Waals surface area contributed by atoms with Gasteiger partial charge in [-0.25, -0.2) is 14.2 Å². The van der Waals surface area contributed by atoms with Gasteiger partial charge in [-0.1, -0.05) is 44.2 Å². The molecule has 8 rings (SSSR count). The van der Waals surface area contributed by atoms with Gasteiger partial charge in [-0.2, -0.15) is 13.2 Å². The lowest BCUT2D eigenvalue weighted by atomic mass is 9.81. The molecule has 0 radical (unpaired) electrons. The minimum atomic E-state index is -5.36. The zero-order chi connectivity index (χ0) is 59.5. The van der Waals surface area contributed by atoms with Crippen molar-refractivity contribution in [1.82, 2.24) is 51.7 Å². The second-order valence-corrected chi connectivity index (χ2v) is 20.0. The highest BCUT2D eigenvalue weighted by Gasteiger charge is 2.49. The summed E-state index contributed by atoms with van der Waals surface area (Å²) in [5.41, 5.74) is -0.704. The first-order valence-electron chi connectivity index (χ1n) is 25.8. The number of carbonyl (C=O) groups excluding carboxylic acids is 9. The molecule has 2 aromatic carbocycles. The minimum Gasteiger partial charge on any atom is -0.480 e. The Morgan fingerprint density at radius 3 is 2.23 bits per heavy atom. The SMILES string of the molecule is CC[C@@]1(O)C(=O)OCc2c1cc1n(c2=O)Cc2c-1nc1cc(F)c(C)c3c1c2[C@@H](NC(=O)[C@H](OCNC(=O)CNC(=O)[C@H](Cc1ccccc1)NC(=O)CNC(=O)CNC(=O)[C@@H](CNCC(=O)O)N1C(=O)CC(C)C1=O)C(F)(F)F)CC3. The highest BCUT2D eigenvalue weighted by Crippen LogP contribution is 2.46. The van der Waals surface area contributed by atoms with Crippen LogP contribution in [0.2, 0.25) is 0 Å². The maximum atomic E-state index is 15.4. The van der Waals surface area contributed by atoms with Gasteiger partial charge in [0.2, 0.25) is 47.5 Å². The van der Waals surface area contributed by atoms with Crippen LogP contribution in [0.25, 0.3) is 22.3 Å². The molecular weight excluding hydrogens is 1090 g/mol. The molecule has 436 valence electrons. The second-order valence-electron chi connectivity index (χ2n) is 20.0. The van der Waals surface area contributed by atoms with Crippen molar-refractivity contribution >= 4 is 70.1 Å². The maximum Gasteiger partial charge on any atom is 0.423 e. The number of cyclic esters (lactones) is 1. The number of carboxylic acid groups (broad SMARTS) is 1. The van der Waals surface area contributed by atoms with E-state index in [0.29, 0.717) is 27.0 Å². The summed E-state index contributed by atoms with van der Waals surface area (Å²) in [4.78, 5) is 147. The Morgan fingerprint density at radius 2 is 1.57 bits per heavy atom. The quantitative estimate of drug-likeness (QED) is 0.0177. The number of fused-ring (bicyclic) bond motifs is 5. The summed E-state index contributed by atoms with van der Waals surface area (Å²) in [6.07, 6.45) is -9.00. The second kappa shape index (κ2) is 24.2. The third kappa shape index (κ3) is 12.3. The molecule has 29 heteroatoms. The number of likely N-dealkylation sites (tertiary alicyclic amines) is 1. The number of nitrogens with one attached hydrogen (secondary N) is 7. The fourth-order valence-electron chi connectivity index (χ4n) is 10.4. The molecule has 4 aliphatic rings. The Hall–Kier alpha value is -8.70. The first-order valence-corrected chi connectivity index (χ1v) is 25.8. The number of hydrogen-bond acceptors (Lipinski definition) is 16. The lowest BCUT2D eigenvalue weighted by molar-refractivity contribution is -0.220. The van der Waals surface area contributed by atoms with E-state index in [2.05, 4.69) is 31.9 Å². The molecule has 3 aliphatic heterocycles. The van der Waals surface area contributed by atoms with Gasteiger partial charge in [-0.15, -0.1) is 0 Å². The van der Waals surface area contributed by atoms with Gasteiger partial charge in [0.15, 0.2) is 5.60 Å². The van der Waals surface area contributed by atoms with Crippen LogP contribution in [-0.4, -0.2) is 148 Å². The van der Waals surface area contributed by atoms with Crippen LogP contribution in [0.5, 0.6) is 0 Å². The molecule has 0 saturated carbocycles. The zero-order valence-electron chi connectivity index (χ0n) is 44.2. The normalized spacial score (nSPS) is 19.0. The molecule has 9 N–H and O–H groups in total. The number of amides is 8. The summed E-state index contributed by atoms with van der Waals surface area (Å²) in [6.45, 7) is -0.791. The standard InChI is InChI=1S/C53H56F4N10O15/c1-4-52(80)30-14-35-44-28(21-66(35)50(78)29(30)22-81-51(52)79)43-32(11-10-27-25(3)31(54)15-33(64-44)42(27)43)65-48(76)45(53(55,56)57)82-23-62-38(69)18-60-46(74)34(13-26-8-6-5-7-9-26)63-39(70)19-59-37(68)17-61-47(75)36(16-58-20-41(72)73)67-40(71)12-24(2)49(67)77/h5-9,14-15,24,32,34,36,45,58,80H,4,10-13,16-23H2,1-3H3,(H,59,68)(H,60,74)(H,61,75)(H,62,69)(H,63,70)(H,65,76)(H,72,73)/t24?,32-,34-,36+,45-,52-/m0/s1. The highest BCUT2D eigenvalue weighted by molar-refractivity contribution is 6.07. The molecule has 1 unspecified atom stereocenters. The number of alkyl halides is 3. The van der Waals surface area contributed by atoms with Gasteiger partial charge >= 0.3 is 18.1 Å². The molecule has 1 saturated heterocycles. The summed E-state index contributed by atoms with van der Waals surface area (Å²) < 4.78 is 70.8. The fraction of sp³-hybridized carbons (Fsp3) is 0.434. The van der Waals surface area contributed by atoms with Crippen LogP contribution in [0.1, 0.15) is 78.1 Å². The molecule has 2 aromatic heterocycles. The predicted molar refractivity (Wildman–Crippen MR) is 273 cm³/mol. The first kappa shape index (κ1) is 59.4. The molecule has 8 amide bonds. The molecule has 1 aliphatic carbocycles. The average Bonchev–Trinajstić information content (AvgIpc) is 3.04. The van der Waals surface area contributed by atoms with Crippen LogP contribution in [0.4, 0.5) is 17.6 Å². The number of nitrogens with zero attached hydrogens (tertiary/aromatic N) is 3. The minimum absolute atomic E-state index is 0.0000191. The molecule has 0 bridgehead atoms. The van der Waals surface area contributed by atoms with Crippen molar-refractivity contribution < 1.29 is 85.2 Å². The van der Waals surface area contributed by atoms with Gasteiger partial charge in [-0.3, -0.25) is 52.8 Å². The number of aromatic nitrogens is 2. The van der Waals surface area contributed by atoms with E-state index >= 15 is 4.39 Å². The van der Waals surface area contributed by atoms with E-state index in [1.807, 2.05) is 5.32 Å². The maximum absolute atomic E-state index is 15.4. The van der Waals surface area contributed by atoms with Crippen LogP contribution in [0, 0.1) is 18.7 Å². The molecule has 0 spiro atoms. The van der Waals surface area contributed by atoms with E-state index in [1.165, 1.54) is 31.4 Å². The van der Waals surface area contributed by atoms with Gasteiger partial charge in [0, 0.05) is 47.9 Å². The molecule has 5 heterocycles. The highest BCUT2D eigenvalue weighted by atomic mass is 19.4. The fourth-order valence-corrected chi connectivity index (χ4v) is 10.4. The Bertz CT molecular complexity index is 3380. The number of aliphatic carboxylic acids is 1. The molecule has 4 aromatic rings. The Morgan fingerprint density at radius 1 is 0.890 bits per heavy atom. The van der Waals surface area contributed by atoms with Gasteiger partial charge in [0.25, 0.3) is 11.5 Å². The summed E-state index contributed by atoms with van der Waals surface area (Å²) in [7, 11) is 0. The topological polar surface area (TPSA) is 352 Å². The van der Waals surface area contributed by atoms with E-state index in [0.717, 1.165) is 6.07 Å². The van der Waals surface area contributed by atoms with Crippen LogP contribution < -0.4 is 42.8 Å². The summed E-state index contributed by atoms with van der Waals surface area (Å²) in [5, 5.41) is 36.7. The third-order valence-corrected chi connectivity index (χ3v) is 14.6. The van der Waals surface area contributed by atoms with Crippen molar-refractivity contribution in [3.8, 4) is 11.4 Å². The van der Waals surface area contributed by atoms with Crippen molar-refractivity contribution in [2.45, 2.75) is 102 Å². The van der Waals surface area contributed by atoms with Crippen molar-refractivity contribution in [1.29, 1.82) is 0 Å². The van der Waals surface area contributed by atoms with E-state index < -0.39 is 159 Å². The van der Waals surface area contributed by atoms with Gasteiger partial charge < -0.3 is 61.5 Å². The monoisotopic (exact) mass is 1150 g/mol.